The zero-order chi connectivity index (χ0) is 39.3. The van der Waals surface area contributed by atoms with Crippen molar-refractivity contribution in [2.24, 2.45) is 0 Å². The summed E-state index contributed by atoms with van der Waals surface area (Å²) in [5.74, 6) is 0. The lowest BCUT2D eigenvalue weighted by Gasteiger charge is -2.21. The normalized spacial score (nSPS) is 12.0. The largest absolute Gasteiger partial charge is 0.256 e. The Kier molecular flexibility index (Phi) is 7.05. The van der Waals surface area contributed by atoms with Crippen LogP contribution >= 0.6 is 0 Å². The molecular weight excluding hydrogens is 725 g/mol. The van der Waals surface area contributed by atoms with Crippen LogP contribution in [0.5, 0.6) is 0 Å². The highest BCUT2D eigenvalue weighted by Gasteiger charge is 2.30. The fraction of sp³-hybridized carbons (Fsp3) is 0. The van der Waals surface area contributed by atoms with Gasteiger partial charge in [-0.3, -0.25) is 9.97 Å². The second-order valence-electron chi connectivity index (χ2n) is 16.0. The molecule has 13 rings (SSSR count). The van der Waals surface area contributed by atoms with Gasteiger partial charge in [-0.1, -0.05) is 158 Å². The molecule has 0 fully saturated rings. The van der Waals surface area contributed by atoms with Gasteiger partial charge in [-0.15, -0.1) is 0 Å². The van der Waals surface area contributed by atoms with E-state index in [0.717, 1.165) is 49.3 Å². The van der Waals surface area contributed by atoms with Crippen molar-refractivity contribution in [2.75, 3.05) is 0 Å². The zero-order valence-corrected chi connectivity index (χ0v) is 32.5. The number of rotatable bonds is 4. The minimum Gasteiger partial charge on any atom is -0.256 e. The summed E-state index contributed by atoms with van der Waals surface area (Å²) in [5, 5.41) is 12.0. The highest BCUT2D eigenvalue weighted by atomic mass is 14.7. The Labute approximate surface area is 346 Å². The minimum absolute atomic E-state index is 0.976. The van der Waals surface area contributed by atoms with Crippen molar-refractivity contribution in [3.05, 3.63) is 207 Å². The molecule has 1 aliphatic carbocycles. The molecule has 0 spiro atoms. The highest BCUT2D eigenvalue weighted by molar-refractivity contribution is 6.28. The molecule has 0 bridgehead atoms. The third-order valence-corrected chi connectivity index (χ3v) is 12.8. The predicted molar refractivity (Wildman–Crippen MR) is 253 cm³/mol. The number of benzene rings is 10. The topological polar surface area (TPSA) is 25.8 Å². The Morgan fingerprint density at radius 1 is 0.250 bits per heavy atom. The Balaban J connectivity index is 1.13. The first kappa shape index (κ1) is 33.1. The molecule has 0 N–H and O–H groups in total. The molecule has 2 heterocycles. The Morgan fingerprint density at radius 3 is 1.38 bits per heavy atom. The molecule has 2 heteroatoms. The van der Waals surface area contributed by atoms with Crippen molar-refractivity contribution in [3.8, 4) is 66.8 Å². The quantitative estimate of drug-likeness (QED) is 0.167. The lowest BCUT2D eigenvalue weighted by molar-refractivity contribution is 1.41. The molecule has 0 unspecified atom stereocenters. The summed E-state index contributed by atoms with van der Waals surface area (Å²) in [6.07, 6.45) is 3.84. The fourth-order valence-electron chi connectivity index (χ4n) is 10.3. The van der Waals surface area contributed by atoms with Crippen LogP contribution in [0.3, 0.4) is 0 Å². The molecule has 0 aliphatic heterocycles. The van der Waals surface area contributed by atoms with E-state index in [1.807, 2.05) is 12.4 Å². The van der Waals surface area contributed by atoms with Crippen LogP contribution in [0.15, 0.2) is 207 Å². The summed E-state index contributed by atoms with van der Waals surface area (Å²) in [4.78, 5) is 10.2. The molecule has 10 aromatic carbocycles. The summed E-state index contributed by atoms with van der Waals surface area (Å²) in [6, 6.07) is 71.2. The van der Waals surface area contributed by atoms with Crippen LogP contribution in [0.4, 0.5) is 0 Å². The van der Waals surface area contributed by atoms with Crippen LogP contribution in [-0.4, -0.2) is 9.97 Å². The van der Waals surface area contributed by atoms with Gasteiger partial charge in [0.15, 0.2) is 0 Å². The molecule has 276 valence electrons. The lowest BCUT2D eigenvalue weighted by Crippen LogP contribution is -1.95. The summed E-state index contributed by atoms with van der Waals surface area (Å²) in [6.45, 7) is 0. The van der Waals surface area contributed by atoms with E-state index in [1.54, 1.807) is 0 Å². The van der Waals surface area contributed by atoms with E-state index in [1.165, 1.54) is 82.4 Å². The molecule has 0 saturated heterocycles. The molecule has 2 nitrogen and oxygen atoms in total. The van der Waals surface area contributed by atoms with Crippen LogP contribution in [-0.2, 0) is 0 Å². The van der Waals surface area contributed by atoms with Gasteiger partial charge in [0, 0.05) is 33.9 Å². The Hall–Kier alpha value is -7.94. The van der Waals surface area contributed by atoms with E-state index in [4.69, 9.17) is 9.97 Å². The first-order valence-corrected chi connectivity index (χ1v) is 20.6. The smallest absolute Gasteiger partial charge is 0.0787 e. The van der Waals surface area contributed by atoms with Crippen molar-refractivity contribution in [1.29, 1.82) is 0 Å². The SMILES string of the molecule is c1ccc(-c2c3c(c(-c4ccccc4)c4cc(-c5cc6c(cc(-c7ccc8ccccc8c7)c7cccnc76)c6ncccc56)ccc24)-c2cccc4cccc-3c24)cc1. The highest BCUT2D eigenvalue weighted by Crippen LogP contribution is 2.58. The number of aromatic nitrogens is 2. The van der Waals surface area contributed by atoms with Gasteiger partial charge in [-0.05, 0) is 135 Å². The van der Waals surface area contributed by atoms with Crippen molar-refractivity contribution < 1.29 is 0 Å². The van der Waals surface area contributed by atoms with Gasteiger partial charge < -0.3 is 0 Å². The van der Waals surface area contributed by atoms with Gasteiger partial charge in [0.2, 0.25) is 0 Å². The van der Waals surface area contributed by atoms with E-state index in [0.29, 0.717) is 0 Å². The third-order valence-electron chi connectivity index (χ3n) is 12.8. The summed E-state index contributed by atoms with van der Waals surface area (Å²) in [7, 11) is 0. The van der Waals surface area contributed by atoms with E-state index in [-0.39, 0.29) is 0 Å². The van der Waals surface area contributed by atoms with Gasteiger partial charge in [0.1, 0.15) is 0 Å². The maximum Gasteiger partial charge on any atom is 0.0787 e. The number of hydrogen-bond donors (Lipinski definition) is 0. The first-order chi connectivity index (χ1) is 29.8. The van der Waals surface area contributed by atoms with Crippen molar-refractivity contribution in [1.82, 2.24) is 9.97 Å². The number of fused-ring (bicyclic) bond motifs is 10. The maximum atomic E-state index is 5.13. The lowest BCUT2D eigenvalue weighted by atomic mass is 9.81. The van der Waals surface area contributed by atoms with Crippen LogP contribution in [0.25, 0.3) is 132 Å². The number of pyridine rings is 2. The molecule has 2 aromatic heterocycles. The zero-order valence-electron chi connectivity index (χ0n) is 32.5. The van der Waals surface area contributed by atoms with Gasteiger partial charge in [0.05, 0.1) is 11.0 Å². The van der Waals surface area contributed by atoms with Crippen molar-refractivity contribution in [2.45, 2.75) is 0 Å². The van der Waals surface area contributed by atoms with E-state index in [2.05, 4.69) is 194 Å². The molecule has 0 atom stereocenters. The van der Waals surface area contributed by atoms with Crippen LogP contribution in [0.2, 0.25) is 0 Å². The fourth-order valence-corrected chi connectivity index (χ4v) is 10.3. The third kappa shape index (κ3) is 4.76. The monoisotopic (exact) mass is 758 g/mol. The van der Waals surface area contributed by atoms with Crippen LogP contribution < -0.4 is 0 Å². The van der Waals surface area contributed by atoms with E-state index in [9.17, 15) is 0 Å². The molecule has 0 saturated carbocycles. The van der Waals surface area contributed by atoms with Crippen LogP contribution in [0, 0.1) is 0 Å². The summed E-state index contributed by atoms with van der Waals surface area (Å²) >= 11 is 0. The van der Waals surface area contributed by atoms with Gasteiger partial charge in [-0.25, -0.2) is 0 Å². The summed E-state index contributed by atoms with van der Waals surface area (Å²) < 4.78 is 0. The minimum atomic E-state index is 0.976. The molecule has 0 amide bonds. The first-order valence-electron chi connectivity index (χ1n) is 20.6. The van der Waals surface area contributed by atoms with E-state index >= 15 is 0 Å². The van der Waals surface area contributed by atoms with Gasteiger partial charge >= 0.3 is 0 Å². The predicted octanol–water partition coefficient (Wildman–Crippen LogP) is 15.7. The molecule has 1 aliphatic rings. The number of nitrogens with zero attached hydrogens (tertiary/aromatic N) is 2. The van der Waals surface area contributed by atoms with E-state index < -0.39 is 0 Å². The molecule has 12 aromatic rings. The average molecular weight is 759 g/mol. The Bertz CT molecular complexity index is 3750. The number of hydrogen-bond acceptors (Lipinski definition) is 2. The van der Waals surface area contributed by atoms with Crippen LogP contribution in [0.1, 0.15) is 0 Å². The van der Waals surface area contributed by atoms with Gasteiger partial charge in [0.25, 0.3) is 0 Å². The molecule has 0 radical (unpaired) electrons. The summed E-state index contributed by atoms with van der Waals surface area (Å²) in [5.41, 5.74) is 16.8. The Morgan fingerprint density at radius 2 is 0.767 bits per heavy atom. The van der Waals surface area contributed by atoms with Crippen molar-refractivity contribution in [3.63, 3.8) is 0 Å². The second kappa shape index (κ2) is 12.8. The van der Waals surface area contributed by atoms with Gasteiger partial charge in [-0.2, -0.15) is 0 Å². The average Bonchev–Trinajstić information content (AvgIpc) is 3.65. The second-order valence-corrected chi connectivity index (χ2v) is 16.0. The van der Waals surface area contributed by atoms with Crippen molar-refractivity contribution >= 4 is 64.9 Å². The maximum absolute atomic E-state index is 5.13. The molecular formula is C58H34N2. The molecule has 60 heavy (non-hydrogen) atoms. The standard InChI is InChI=1S/C58H34N2/c1-3-14-37(15-4-1)53-42-28-27-41(32-49(42)54(38-16-5-2-6-17-38)56-46-22-10-20-36-19-9-21-45(52(36)46)55(53)56)48-34-51-50(58-44(48)24-12-30-60-58)33-47(43-23-11-29-59-57(43)51)40-26-25-35-13-7-8-18-39(35)31-40/h1-34H.